The molecular weight excluding hydrogens is 333 g/mol. The topological polar surface area (TPSA) is 93.8 Å². The Bertz CT molecular complexity index is 846. The zero-order valence-electron chi connectivity index (χ0n) is 13.0. The molecule has 0 aliphatic carbocycles. The van der Waals surface area contributed by atoms with Crippen molar-refractivity contribution in [3.05, 3.63) is 46.5 Å². The number of aryl methyl sites for hydroxylation is 1. The van der Waals surface area contributed by atoms with E-state index in [2.05, 4.69) is 25.0 Å². The fraction of sp³-hybridized carbons (Fsp3) is 0.267. The van der Waals surface area contributed by atoms with Crippen molar-refractivity contribution >= 4 is 17.4 Å². The second-order valence-electron chi connectivity index (χ2n) is 5.06. The molecule has 0 aliphatic heterocycles. The average molecular weight is 347 g/mol. The molecule has 124 valence electrons. The van der Waals surface area contributed by atoms with Crippen LogP contribution in [0.3, 0.4) is 0 Å². The largest absolute Gasteiger partial charge is 0.340 e. The van der Waals surface area contributed by atoms with E-state index in [4.69, 9.17) is 4.52 Å². The summed E-state index contributed by atoms with van der Waals surface area (Å²) in [6, 6.07) is 5.28. The smallest absolute Gasteiger partial charge is 0.265 e. The summed E-state index contributed by atoms with van der Waals surface area (Å²) in [6.45, 7) is 3.64. The van der Waals surface area contributed by atoms with E-state index < -0.39 is 6.04 Å². The highest BCUT2D eigenvalue weighted by atomic mass is 32.1. The number of nitrogens with zero attached hydrogens (tertiary/aromatic N) is 4. The number of hydrogen-bond acceptors (Lipinski definition) is 7. The summed E-state index contributed by atoms with van der Waals surface area (Å²) >= 11 is 1.05. The van der Waals surface area contributed by atoms with Crippen LogP contribution >= 0.6 is 11.5 Å². The van der Waals surface area contributed by atoms with Crippen LogP contribution in [0.5, 0.6) is 0 Å². The summed E-state index contributed by atoms with van der Waals surface area (Å²) in [4.78, 5) is 17.0. The first kappa shape index (κ1) is 16.2. The molecule has 3 aromatic rings. The van der Waals surface area contributed by atoms with E-state index >= 15 is 0 Å². The van der Waals surface area contributed by atoms with Crippen LogP contribution in [0.4, 0.5) is 4.39 Å². The maximum atomic E-state index is 13.0. The monoisotopic (exact) mass is 347 g/mol. The lowest BCUT2D eigenvalue weighted by Gasteiger charge is -2.08. The van der Waals surface area contributed by atoms with E-state index in [1.54, 1.807) is 19.1 Å². The number of benzene rings is 1. The average Bonchev–Trinajstić information content (AvgIpc) is 3.24. The number of nitrogens with one attached hydrogen (secondary N) is 1. The number of carbonyl (C=O) groups is 1. The predicted molar refractivity (Wildman–Crippen MR) is 84.9 cm³/mol. The molecule has 7 nitrogen and oxygen atoms in total. The Balaban J connectivity index is 1.73. The fourth-order valence-corrected chi connectivity index (χ4v) is 2.72. The first-order valence-corrected chi connectivity index (χ1v) is 8.07. The maximum absolute atomic E-state index is 13.0. The van der Waals surface area contributed by atoms with E-state index in [1.165, 1.54) is 12.1 Å². The summed E-state index contributed by atoms with van der Waals surface area (Å²) in [5.74, 6) is -0.0260. The SMILES string of the molecule is CCc1nnsc1C(=O)NC(C)c1nc(-c2ccc(F)cc2)no1. The van der Waals surface area contributed by atoms with E-state index in [0.717, 1.165) is 11.5 Å². The highest BCUT2D eigenvalue weighted by Gasteiger charge is 2.21. The van der Waals surface area contributed by atoms with Crippen LogP contribution in [0.15, 0.2) is 28.8 Å². The van der Waals surface area contributed by atoms with Crippen molar-refractivity contribution in [1.82, 2.24) is 25.0 Å². The van der Waals surface area contributed by atoms with Gasteiger partial charge in [-0.2, -0.15) is 4.98 Å². The lowest BCUT2D eigenvalue weighted by Crippen LogP contribution is -2.27. The number of carbonyl (C=O) groups excluding carboxylic acids is 1. The summed E-state index contributed by atoms with van der Waals surface area (Å²) < 4.78 is 21.9. The molecule has 1 N–H and O–H groups in total. The molecule has 0 radical (unpaired) electrons. The van der Waals surface area contributed by atoms with Crippen molar-refractivity contribution < 1.29 is 13.7 Å². The van der Waals surface area contributed by atoms with Gasteiger partial charge in [0.15, 0.2) is 0 Å². The van der Waals surface area contributed by atoms with Crippen LogP contribution in [0.1, 0.15) is 41.1 Å². The third-order valence-electron chi connectivity index (χ3n) is 3.36. The molecule has 0 saturated heterocycles. The molecule has 1 atom stereocenters. The third-order valence-corrected chi connectivity index (χ3v) is 4.13. The van der Waals surface area contributed by atoms with E-state index in [1.807, 2.05) is 6.92 Å². The highest BCUT2D eigenvalue weighted by Crippen LogP contribution is 2.20. The zero-order valence-corrected chi connectivity index (χ0v) is 13.8. The van der Waals surface area contributed by atoms with Gasteiger partial charge in [-0.05, 0) is 49.1 Å². The van der Waals surface area contributed by atoms with Crippen LogP contribution in [-0.2, 0) is 6.42 Å². The quantitative estimate of drug-likeness (QED) is 0.763. The van der Waals surface area contributed by atoms with Crippen molar-refractivity contribution in [3.8, 4) is 11.4 Å². The lowest BCUT2D eigenvalue weighted by atomic mass is 10.2. The number of halogens is 1. The molecule has 0 bridgehead atoms. The first-order chi connectivity index (χ1) is 11.6. The minimum atomic E-state index is -0.481. The van der Waals surface area contributed by atoms with Crippen molar-refractivity contribution in [2.45, 2.75) is 26.3 Å². The molecule has 1 unspecified atom stereocenters. The van der Waals surface area contributed by atoms with Gasteiger partial charge in [0.1, 0.15) is 16.7 Å². The van der Waals surface area contributed by atoms with Crippen LogP contribution in [-0.4, -0.2) is 25.6 Å². The van der Waals surface area contributed by atoms with Crippen molar-refractivity contribution in [2.24, 2.45) is 0 Å². The van der Waals surface area contributed by atoms with Crippen LogP contribution in [0.25, 0.3) is 11.4 Å². The van der Waals surface area contributed by atoms with Crippen LogP contribution in [0.2, 0.25) is 0 Å². The standard InChI is InChI=1S/C15H14FN5O2S/c1-3-11-12(24-21-19-11)14(22)17-8(2)15-18-13(20-23-15)9-4-6-10(16)7-5-9/h4-8H,3H2,1-2H3,(H,17,22). The second-order valence-corrected chi connectivity index (χ2v) is 5.81. The van der Waals surface area contributed by atoms with Crippen molar-refractivity contribution in [1.29, 1.82) is 0 Å². The highest BCUT2D eigenvalue weighted by molar-refractivity contribution is 7.08. The van der Waals surface area contributed by atoms with Gasteiger partial charge in [-0.1, -0.05) is 16.6 Å². The van der Waals surface area contributed by atoms with Gasteiger partial charge in [-0.25, -0.2) is 4.39 Å². The molecule has 0 spiro atoms. The molecule has 0 fully saturated rings. The molecule has 2 aromatic heterocycles. The van der Waals surface area contributed by atoms with Gasteiger partial charge in [-0.15, -0.1) is 5.10 Å². The molecule has 9 heteroatoms. The molecule has 2 heterocycles. The first-order valence-electron chi connectivity index (χ1n) is 7.30. The molecule has 0 aliphatic rings. The van der Waals surface area contributed by atoms with Gasteiger partial charge in [0, 0.05) is 5.56 Å². The third kappa shape index (κ3) is 3.30. The van der Waals surface area contributed by atoms with Gasteiger partial charge in [0.2, 0.25) is 11.7 Å². The Morgan fingerprint density at radius 2 is 2.12 bits per heavy atom. The van der Waals surface area contributed by atoms with Crippen molar-refractivity contribution in [2.75, 3.05) is 0 Å². The van der Waals surface area contributed by atoms with E-state index in [0.29, 0.717) is 28.4 Å². The number of amides is 1. The molecule has 3 rings (SSSR count). The summed E-state index contributed by atoms with van der Waals surface area (Å²) in [5.41, 5.74) is 1.28. The van der Waals surface area contributed by atoms with Crippen LogP contribution < -0.4 is 5.32 Å². The Morgan fingerprint density at radius 1 is 1.38 bits per heavy atom. The number of hydrogen-bond donors (Lipinski definition) is 1. The second kappa shape index (κ2) is 6.83. The van der Waals surface area contributed by atoms with Gasteiger partial charge < -0.3 is 9.84 Å². The van der Waals surface area contributed by atoms with Crippen molar-refractivity contribution in [3.63, 3.8) is 0 Å². The van der Waals surface area contributed by atoms with Gasteiger partial charge >= 0.3 is 0 Å². The Morgan fingerprint density at radius 3 is 2.83 bits per heavy atom. The van der Waals surface area contributed by atoms with Gasteiger partial charge in [-0.3, -0.25) is 4.79 Å². The Labute approximate surface area is 141 Å². The molecule has 1 aromatic carbocycles. The zero-order chi connectivity index (χ0) is 17.1. The Hall–Kier alpha value is -2.68. The minimum absolute atomic E-state index is 0.262. The minimum Gasteiger partial charge on any atom is -0.340 e. The summed E-state index contributed by atoms with van der Waals surface area (Å²) in [7, 11) is 0. The van der Waals surface area contributed by atoms with Gasteiger partial charge in [0.25, 0.3) is 5.91 Å². The van der Waals surface area contributed by atoms with E-state index in [9.17, 15) is 9.18 Å². The van der Waals surface area contributed by atoms with Crippen LogP contribution in [0, 0.1) is 5.82 Å². The van der Waals surface area contributed by atoms with E-state index in [-0.39, 0.29) is 17.6 Å². The fourth-order valence-electron chi connectivity index (χ4n) is 2.06. The number of aromatic nitrogens is 4. The molecule has 1 amide bonds. The Kier molecular flexibility index (Phi) is 4.61. The normalized spacial score (nSPS) is 12.1. The molecular formula is C15H14FN5O2S. The summed E-state index contributed by atoms with van der Waals surface area (Å²) in [5, 5.41) is 10.6. The molecule has 24 heavy (non-hydrogen) atoms. The maximum Gasteiger partial charge on any atom is 0.265 e. The summed E-state index contributed by atoms with van der Waals surface area (Å²) in [6.07, 6.45) is 0.628. The van der Waals surface area contributed by atoms with Gasteiger partial charge in [0.05, 0.1) is 5.69 Å². The number of rotatable bonds is 5. The molecule has 0 saturated carbocycles. The lowest BCUT2D eigenvalue weighted by molar-refractivity contribution is 0.0935. The predicted octanol–water partition coefficient (Wildman–Crippen LogP) is 2.78.